The van der Waals surface area contributed by atoms with Gasteiger partial charge < -0.3 is 14.7 Å². The van der Waals surface area contributed by atoms with Gasteiger partial charge >= 0.3 is 5.97 Å². The summed E-state index contributed by atoms with van der Waals surface area (Å²) < 4.78 is 5.69. The Balaban J connectivity index is 2.46. The number of carbonyl (C=O) groups is 3. The van der Waals surface area contributed by atoms with Crippen molar-refractivity contribution in [1.82, 2.24) is 0 Å². The van der Waals surface area contributed by atoms with Gasteiger partial charge in [-0.1, -0.05) is 6.92 Å². The van der Waals surface area contributed by atoms with Gasteiger partial charge in [-0.25, -0.2) is 0 Å². The molecule has 0 atom stereocenters. The minimum Gasteiger partial charge on any atom is -0.481 e. The fraction of sp³-hybridized carbons (Fsp3) is 0.438. The van der Waals surface area contributed by atoms with Gasteiger partial charge in [-0.05, 0) is 32.0 Å². The molecule has 1 amide bonds. The average molecular weight is 305 g/mol. The molecule has 6 heteroatoms. The van der Waals surface area contributed by atoms with Gasteiger partial charge in [0, 0.05) is 18.5 Å². The van der Waals surface area contributed by atoms with Crippen LogP contribution < -0.4 is 9.64 Å². The first-order chi connectivity index (χ1) is 10.3. The maximum atomic E-state index is 12.5. The Morgan fingerprint density at radius 2 is 2.00 bits per heavy atom. The summed E-state index contributed by atoms with van der Waals surface area (Å²) in [7, 11) is 0. The van der Waals surface area contributed by atoms with E-state index < -0.39 is 11.6 Å². The van der Waals surface area contributed by atoms with Crippen LogP contribution in [0.25, 0.3) is 0 Å². The first-order valence-corrected chi connectivity index (χ1v) is 7.16. The quantitative estimate of drug-likeness (QED) is 0.844. The van der Waals surface area contributed by atoms with Crippen molar-refractivity contribution in [3.05, 3.63) is 23.8 Å². The Morgan fingerprint density at radius 1 is 1.32 bits per heavy atom. The number of carboxylic acid groups (broad SMARTS) is 1. The van der Waals surface area contributed by atoms with E-state index in [0.29, 0.717) is 23.4 Å². The van der Waals surface area contributed by atoms with Crippen LogP contribution in [0.3, 0.4) is 0 Å². The molecule has 0 aliphatic carbocycles. The number of amides is 1. The first-order valence-electron chi connectivity index (χ1n) is 7.16. The van der Waals surface area contributed by atoms with Gasteiger partial charge in [0.15, 0.2) is 11.4 Å². The summed E-state index contributed by atoms with van der Waals surface area (Å²) in [6, 6.07) is 4.91. The number of ketones is 1. The predicted octanol–water partition coefficient (Wildman–Crippen LogP) is 2.26. The minimum atomic E-state index is -1.07. The van der Waals surface area contributed by atoms with Crippen LogP contribution in [0.2, 0.25) is 0 Å². The lowest BCUT2D eigenvalue weighted by Gasteiger charge is -2.38. The van der Waals surface area contributed by atoms with E-state index in [9.17, 15) is 14.4 Å². The SMILES string of the molecule is CCC(=O)c1ccc2c(c1)N(CCC(=O)O)C(=O)C(C)(C)O2. The summed E-state index contributed by atoms with van der Waals surface area (Å²) in [6.45, 7) is 5.07. The number of fused-ring (bicyclic) bond motifs is 1. The number of hydrogen-bond acceptors (Lipinski definition) is 4. The van der Waals surface area contributed by atoms with Gasteiger partial charge in [0.2, 0.25) is 0 Å². The standard InChI is InChI=1S/C16H19NO5/c1-4-12(18)10-5-6-13-11(9-10)17(8-7-14(19)20)15(21)16(2,3)22-13/h5-6,9H,4,7-8H2,1-3H3,(H,19,20). The number of rotatable bonds is 5. The van der Waals surface area contributed by atoms with E-state index in [1.165, 1.54) is 4.90 Å². The number of benzene rings is 1. The van der Waals surface area contributed by atoms with Gasteiger partial charge in [0.1, 0.15) is 5.75 Å². The third-order valence-corrected chi connectivity index (χ3v) is 3.57. The van der Waals surface area contributed by atoms with Gasteiger partial charge in [-0.2, -0.15) is 0 Å². The summed E-state index contributed by atoms with van der Waals surface area (Å²) in [5, 5.41) is 8.87. The molecule has 1 N–H and O–H groups in total. The topological polar surface area (TPSA) is 83.9 Å². The highest BCUT2D eigenvalue weighted by atomic mass is 16.5. The Labute approximate surface area is 128 Å². The number of anilines is 1. The normalized spacial score (nSPS) is 16.0. The highest BCUT2D eigenvalue weighted by molar-refractivity contribution is 6.04. The highest BCUT2D eigenvalue weighted by Gasteiger charge is 2.41. The largest absolute Gasteiger partial charge is 0.481 e. The molecule has 1 aromatic rings. The molecule has 0 bridgehead atoms. The van der Waals surface area contributed by atoms with Crippen LogP contribution in [0.1, 0.15) is 44.0 Å². The fourth-order valence-electron chi connectivity index (χ4n) is 2.37. The smallest absolute Gasteiger partial charge is 0.305 e. The lowest BCUT2D eigenvalue weighted by molar-refractivity contribution is -0.137. The lowest BCUT2D eigenvalue weighted by atomic mass is 10.0. The second kappa shape index (κ2) is 5.79. The monoisotopic (exact) mass is 305 g/mol. The minimum absolute atomic E-state index is 0.0394. The molecule has 0 fully saturated rings. The van der Waals surface area contributed by atoms with Gasteiger partial charge in [-0.3, -0.25) is 14.4 Å². The van der Waals surface area contributed by atoms with Crippen molar-refractivity contribution >= 4 is 23.3 Å². The van der Waals surface area contributed by atoms with Crippen LogP contribution in [0.15, 0.2) is 18.2 Å². The van der Waals surface area contributed by atoms with Gasteiger partial charge in [-0.15, -0.1) is 0 Å². The zero-order chi connectivity index (χ0) is 16.5. The van der Waals surface area contributed by atoms with E-state index in [4.69, 9.17) is 9.84 Å². The van der Waals surface area contributed by atoms with E-state index in [-0.39, 0.29) is 24.7 Å². The van der Waals surface area contributed by atoms with E-state index in [1.807, 2.05) is 0 Å². The average Bonchev–Trinajstić information content (AvgIpc) is 2.46. The molecule has 1 heterocycles. The Kier molecular flexibility index (Phi) is 4.21. The van der Waals surface area contributed by atoms with Crippen molar-refractivity contribution in [1.29, 1.82) is 0 Å². The molecule has 0 saturated heterocycles. The summed E-state index contributed by atoms with van der Waals surface area (Å²) in [6.07, 6.45) is 0.182. The molecule has 0 spiro atoms. The molecule has 0 saturated carbocycles. The van der Waals surface area contributed by atoms with E-state index in [2.05, 4.69) is 0 Å². The van der Waals surface area contributed by atoms with Crippen molar-refractivity contribution < 1.29 is 24.2 Å². The van der Waals surface area contributed by atoms with Crippen LogP contribution in [0.5, 0.6) is 5.75 Å². The molecule has 2 rings (SSSR count). The summed E-state index contributed by atoms with van der Waals surface area (Å²) >= 11 is 0. The number of carboxylic acids is 1. The van der Waals surface area contributed by atoms with Crippen LogP contribution in [0.4, 0.5) is 5.69 Å². The van der Waals surface area contributed by atoms with Crippen molar-refractivity contribution in [2.45, 2.75) is 39.2 Å². The first kappa shape index (κ1) is 16.0. The Hall–Kier alpha value is -2.37. The van der Waals surface area contributed by atoms with Crippen LogP contribution in [-0.2, 0) is 9.59 Å². The highest BCUT2D eigenvalue weighted by Crippen LogP contribution is 2.38. The fourth-order valence-corrected chi connectivity index (χ4v) is 2.37. The Bertz CT molecular complexity index is 635. The van der Waals surface area contributed by atoms with E-state index >= 15 is 0 Å². The maximum Gasteiger partial charge on any atom is 0.305 e. The van der Waals surface area contributed by atoms with Gasteiger partial charge in [0.05, 0.1) is 12.1 Å². The lowest BCUT2D eigenvalue weighted by Crippen LogP contribution is -2.53. The molecule has 118 valence electrons. The van der Waals surface area contributed by atoms with Crippen molar-refractivity contribution in [3.63, 3.8) is 0 Å². The van der Waals surface area contributed by atoms with Crippen molar-refractivity contribution in [3.8, 4) is 5.75 Å². The number of ether oxygens (including phenoxy) is 1. The third-order valence-electron chi connectivity index (χ3n) is 3.57. The Morgan fingerprint density at radius 3 is 2.59 bits per heavy atom. The maximum absolute atomic E-state index is 12.5. The summed E-state index contributed by atoms with van der Waals surface area (Å²) in [5.74, 6) is -0.873. The number of nitrogens with zero attached hydrogens (tertiary/aromatic N) is 1. The molecule has 1 aromatic carbocycles. The molecule has 6 nitrogen and oxygen atoms in total. The molecule has 1 aliphatic rings. The molecular weight excluding hydrogens is 286 g/mol. The predicted molar refractivity (Wildman–Crippen MR) is 80.4 cm³/mol. The number of hydrogen-bond donors (Lipinski definition) is 1. The van der Waals surface area contributed by atoms with Crippen LogP contribution in [0, 0.1) is 0 Å². The zero-order valence-electron chi connectivity index (χ0n) is 12.9. The molecule has 0 radical (unpaired) electrons. The number of Topliss-reactive ketones (excluding diaryl/α,β-unsaturated/α-hetero) is 1. The third kappa shape index (κ3) is 2.95. The number of carbonyl (C=O) groups excluding carboxylic acids is 2. The van der Waals surface area contributed by atoms with Crippen LogP contribution >= 0.6 is 0 Å². The summed E-state index contributed by atoms with van der Waals surface area (Å²) in [5.41, 5.74) is -0.135. The van der Waals surface area contributed by atoms with Gasteiger partial charge in [0.25, 0.3) is 5.91 Å². The van der Waals surface area contributed by atoms with E-state index in [1.54, 1.807) is 39.0 Å². The van der Waals surface area contributed by atoms with Crippen molar-refractivity contribution in [2.24, 2.45) is 0 Å². The number of aliphatic carboxylic acids is 1. The molecule has 0 unspecified atom stereocenters. The summed E-state index contributed by atoms with van der Waals surface area (Å²) in [4.78, 5) is 36.5. The van der Waals surface area contributed by atoms with Crippen LogP contribution in [-0.4, -0.2) is 34.9 Å². The second-order valence-corrected chi connectivity index (χ2v) is 5.67. The molecular formula is C16H19NO5. The van der Waals surface area contributed by atoms with Crippen molar-refractivity contribution in [2.75, 3.05) is 11.4 Å². The second-order valence-electron chi connectivity index (χ2n) is 5.67. The zero-order valence-corrected chi connectivity index (χ0v) is 12.9. The van der Waals surface area contributed by atoms with E-state index in [0.717, 1.165) is 0 Å². The molecule has 22 heavy (non-hydrogen) atoms. The molecule has 1 aliphatic heterocycles. The molecule has 0 aromatic heterocycles.